The van der Waals surface area contributed by atoms with Crippen LogP contribution >= 0.6 is 0 Å². The summed E-state index contributed by atoms with van der Waals surface area (Å²) in [5.74, 6) is 0.0658. The van der Waals surface area contributed by atoms with E-state index in [1.807, 2.05) is 31.2 Å². The van der Waals surface area contributed by atoms with E-state index in [4.69, 9.17) is 0 Å². The summed E-state index contributed by atoms with van der Waals surface area (Å²) in [7, 11) is 0. The van der Waals surface area contributed by atoms with Gasteiger partial charge in [-0.05, 0) is 44.5 Å². The standard InChI is InChI=1S/C15H22N2O/c1-3-17-10-6-8-13(11-17)16-15(18)14-9-5-4-7-12(14)2/h4-5,7,9,13H,3,6,8,10-11H2,1-2H3,(H,16,18). The highest BCUT2D eigenvalue weighted by Gasteiger charge is 2.21. The molecule has 0 spiro atoms. The number of hydrogen-bond donors (Lipinski definition) is 1. The number of amides is 1. The number of piperidine rings is 1. The Morgan fingerprint density at radius 2 is 2.22 bits per heavy atom. The second-order valence-corrected chi connectivity index (χ2v) is 5.02. The van der Waals surface area contributed by atoms with E-state index >= 15 is 0 Å². The monoisotopic (exact) mass is 246 g/mol. The van der Waals surface area contributed by atoms with Crippen molar-refractivity contribution >= 4 is 5.91 Å². The van der Waals surface area contributed by atoms with Crippen molar-refractivity contribution in [3.63, 3.8) is 0 Å². The Morgan fingerprint density at radius 3 is 2.94 bits per heavy atom. The molecule has 1 N–H and O–H groups in total. The first-order chi connectivity index (χ1) is 8.70. The van der Waals surface area contributed by atoms with Crippen LogP contribution in [-0.4, -0.2) is 36.5 Å². The number of nitrogens with zero attached hydrogens (tertiary/aromatic N) is 1. The number of carbonyl (C=O) groups excluding carboxylic acids is 1. The van der Waals surface area contributed by atoms with Crippen molar-refractivity contribution in [1.82, 2.24) is 10.2 Å². The first-order valence-electron chi connectivity index (χ1n) is 6.79. The number of hydrogen-bond acceptors (Lipinski definition) is 2. The zero-order chi connectivity index (χ0) is 13.0. The van der Waals surface area contributed by atoms with E-state index in [-0.39, 0.29) is 5.91 Å². The molecule has 1 saturated heterocycles. The normalized spacial score (nSPS) is 20.7. The SMILES string of the molecule is CCN1CCCC(NC(=O)c2ccccc2C)C1. The van der Waals surface area contributed by atoms with Gasteiger partial charge in [0.25, 0.3) is 5.91 Å². The first-order valence-corrected chi connectivity index (χ1v) is 6.79. The van der Waals surface area contributed by atoms with Gasteiger partial charge in [-0.1, -0.05) is 25.1 Å². The molecule has 0 aliphatic carbocycles. The Bertz CT molecular complexity index is 417. The molecule has 3 heteroatoms. The smallest absolute Gasteiger partial charge is 0.251 e. The highest BCUT2D eigenvalue weighted by molar-refractivity contribution is 5.95. The number of rotatable bonds is 3. The minimum Gasteiger partial charge on any atom is -0.348 e. The molecule has 0 aromatic heterocycles. The quantitative estimate of drug-likeness (QED) is 0.887. The molecule has 0 bridgehead atoms. The van der Waals surface area contributed by atoms with E-state index in [1.165, 1.54) is 6.42 Å². The number of carbonyl (C=O) groups is 1. The van der Waals surface area contributed by atoms with Gasteiger partial charge in [0.15, 0.2) is 0 Å². The molecular formula is C15H22N2O. The third kappa shape index (κ3) is 3.10. The van der Waals surface area contributed by atoms with Crippen molar-refractivity contribution in [2.24, 2.45) is 0 Å². The molecule has 3 nitrogen and oxygen atoms in total. The number of likely N-dealkylation sites (tertiary alicyclic amines) is 1. The van der Waals surface area contributed by atoms with Gasteiger partial charge in [0.2, 0.25) is 0 Å². The molecule has 98 valence electrons. The van der Waals surface area contributed by atoms with Crippen LogP contribution in [0.5, 0.6) is 0 Å². The molecule has 1 aliphatic rings. The van der Waals surface area contributed by atoms with Gasteiger partial charge in [0, 0.05) is 18.2 Å². The molecule has 1 heterocycles. The maximum absolute atomic E-state index is 12.2. The molecular weight excluding hydrogens is 224 g/mol. The summed E-state index contributed by atoms with van der Waals surface area (Å²) in [6, 6.07) is 8.05. The fourth-order valence-electron chi connectivity index (χ4n) is 2.55. The Balaban J connectivity index is 1.97. The largest absolute Gasteiger partial charge is 0.348 e. The molecule has 1 aliphatic heterocycles. The lowest BCUT2D eigenvalue weighted by molar-refractivity contribution is 0.0905. The lowest BCUT2D eigenvalue weighted by atomic mass is 10.0. The Morgan fingerprint density at radius 1 is 1.44 bits per heavy atom. The molecule has 1 fully saturated rings. The van der Waals surface area contributed by atoms with Gasteiger partial charge >= 0.3 is 0 Å². The summed E-state index contributed by atoms with van der Waals surface area (Å²) in [5.41, 5.74) is 1.84. The third-order valence-corrected chi connectivity index (χ3v) is 3.68. The molecule has 2 rings (SSSR count). The first kappa shape index (κ1) is 13.1. The van der Waals surface area contributed by atoms with Crippen molar-refractivity contribution in [3.05, 3.63) is 35.4 Å². The maximum atomic E-state index is 12.2. The van der Waals surface area contributed by atoms with Gasteiger partial charge in [0.1, 0.15) is 0 Å². The number of benzene rings is 1. The summed E-state index contributed by atoms with van der Waals surface area (Å²) in [5, 5.41) is 3.16. The predicted octanol–water partition coefficient (Wildman–Crippen LogP) is 2.21. The second kappa shape index (κ2) is 6.01. The van der Waals surface area contributed by atoms with E-state index in [0.29, 0.717) is 6.04 Å². The molecule has 1 aromatic carbocycles. The zero-order valence-electron chi connectivity index (χ0n) is 11.3. The van der Waals surface area contributed by atoms with Gasteiger partial charge < -0.3 is 10.2 Å². The van der Waals surface area contributed by atoms with Crippen molar-refractivity contribution in [1.29, 1.82) is 0 Å². The average molecular weight is 246 g/mol. The average Bonchev–Trinajstić information content (AvgIpc) is 2.39. The van der Waals surface area contributed by atoms with Crippen LogP contribution < -0.4 is 5.32 Å². The topological polar surface area (TPSA) is 32.3 Å². The van der Waals surface area contributed by atoms with Crippen LogP contribution in [0.4, 0.5) is 0 Å². The van der Waals surface area contributed by atoms with Crippen molar-refractivity contribution < 1.29 is 4.79 Å². The third-order valence-electron chi connectivity index (χ3n) is 3.68. The molecule has 1 aromatic rings. The molecule has 1 amide bonds. The van der Waals surface area contributed by atoms with Gasteiger partial charge in [0.05, 0.1) is 0 Å². The zero-order valence-corrected chi connectivity index (χ0v) is 11.3. The van der Waals surface area contributed by atoms with Gasteiger partial charge in [-0.3, -0.25) is 4.79 Å². The molecule has 0 saturated carbocycles. The van der Waals surface area contributed by atoms with Gasteiger partial charge in [-0.15, -0.1) is 0 Å². The summed E-state index contributed by atoms with van der Waals surface area (Å²) < 4.78 is 0. The van der Waals surface area contributed by atoms with Gasteiger partial charge in [-0.2, -0.15) is 0 Å². The molecule has 1 unspecified atom stereocenters. The number of nitrogens with one attached hydrogen (secondary N) is 1. The molecule has 0 radical (unpaired) electrons. The molecule has 1 atom stereocenters. The maximum Gasteiger partial charge on any atom is 0.251 e. The predicted molar refractivity (Wildman–Crippen MR) is 73.8 cm³/mol. The van der Waals surface area contributed by atoms with Crippen LogP contribution in [0, 0.1) is 6.92 Å². The van der Waals surface area contributed by atoms with Crippen molar-refractivity contribution in [3.8, 4) is 0 Å². The van der Waals surface area contributed by atoms with E-state index < -0.39 is 0 Å². The Labute approximate surface area is 109 Å². The highest BCUT2D eigenvalue weighted by atomic mass is 16.1. The lowest BCUT2D eigenvalue weighted by Gasteiger charge is -2.32. The van der Waals surface area contributed by atoms with Gasteiger partial charge in [-0.25, -0.2) is 0 Å². The van der Waals surface area contributed by atoms with Crippen LogP contribution in [0.25, 0.3) is 0 Å². The highest BCUT2D eigenvalue weighted by Crippen LogP contribution is 2.12. The van der Waals surface area contributed by atoms with Crippen LogP contribution in [0.15, 0.2) is 24.3 Å². The second-order valence-electron chi connectivity index (χ2n) is 5.02. The van der Waals surface area contributed by atoms with Crippen molar-refractivity contribution in [2.45, 2.75) is 32.7 Å². The van der Waals surface area contributed by atoms with E-state index in [0.717, 1.165) is 37.2 Å². The van der Waals surface area contributed by atoms with Crippen LogP contribution in [0.3, 0.4) is 0 Å². The summed E-state index contributed by atoms with van der Waals surface area (Å²) >= 11 is 0. The van der Waals surface area contributed by atoms with E-state index in [2.05, 4.69) is 17.1 Å². The lowest BCUT2D eigenvalue weighted by Crippen LogP contribution is -2.47. The minimum absolute atomic E-state index is 0.0658. The van der Waals surface area contributed by atoms with Crippen LogP contribution in [0.2, 0.25) is 0 Å². The summed E-state index contributed by atoms with van der Waals surface area (Å²) in [6.45, 7) is 7.36. The fourth-order valence-corrected chi connectivity index (χ4v) is 2.55. The summed E-state index contributed by atoms with van der Waals surface area (Å²) in [4.78, 5) is 14.6. The Kier molecular flexibility index (Phi) is 4.37. The molecule has 18 heavy (non-hydrogen) atoms. The minimum atomic E-state index is 0.0658. The Hall–Kier alpha value is -1.35. The van der Waals surface area contributed by atoms with E-state index in [1.54, 1.807) is 0 Å². The number of likely N-dealkylation sites (N-methyl/N-ethyl adjacent to an activating group) is 1. The number of aryl methyl sites for hydroxylation is 1. The fraction of sp³-hybridized carbons (Fsp3) is 0.533. The van der Waals surface area contributed by atoms with Crippen LogP contribution in [-0.2, 0) is 0 Å². The van der Waals surface area contributed by atoms with E-state index in [9.17, 15) is 4.79 Å². The van der Waals surface area contributed by atoms with Crippen molar-refractivity contribution in [2.75, 3.05) is 19.6 Å². The summed E-state index contributed by atoms with van der Waals surface area (Å²) in [6.07, 6.45) is 2.26. The van der Waals surface area contributed by atoms with Crippen LogP contribution in [0.1, 0.15) is 35.7 Å².